The molecule has 1 amide bonds. The standard InChI is InChI=1S/C9H15N5O/c10-7-5-12-14-8(7)9(15)13-6-1-3-11-4-2-6/h5-6,11H,1-4,10H2,(H,12,14)(H,13,15). The van der Waals surface area contributed by atoms with Gasteiger partial charge in [-0.25, -0.2) is 0 Å². The van der Waals surface area contributed by atoms with Crippen molar-refractivity contribution in [1.82, 2.24) is 20.8 Å². The minimum Gasteiger partial charge on any atom is -0.396 e. The van der Waals surface area contributed by atoms with E-state index in [9.17, 15) is 4.79 Å². The number of nitrogens with two attached hydrogens (primary N) is 1. The summed E-state index contributed by atoms with van der Waals surface area (Å²) in [5.74, 6) is -0.170. The molecule has 0 aromatic carbocycles. The highest BCUT2D eigenvalue weighted by molar-refractivity contribution is 5.97. The minimum atomic E-state index is -0.170. The van der Waals surface area contributed by atoms with Gasteiger partial charge in [-0.15, -0.1) is 0 Å². The zero-order valence-corrected chi connectivity index (χ0v) is 8.42. The van der Waals surface area contributed by atoms with Crippen LogP contribution in [0.3, 0.4) is 0 Å². The molecule has 1 aliphatic heterocycles. The predicted molar refractivity (Wildman–Crippen MR) is 56.4 cm³/mol. The number of aromatic amines is 1. The number of carbonyl (C=O) groups is 1. The topological polar surface area (TPSA) is 95.8 Å². The van der Waals surface area contributed by atoms with Crippen LogP contribution in [0, 0.1) is 0 Å². The molecule has 5 N–H and O–H groups in total. The van der Waals surface area contributed by atoms with Crippen LogP contribution >= 0.6 is 0 Å². The summed E-state index contributed by atoms with van der Waals surface area (Å²) in [6.07, 6.45) is 3.36. The smallest absolute Gasteiger partial charge is 0.271 e. The van der Waals surface area contributed by atoms with Gasteiger partial charge >= 0.3 is 0 Å². The number of hydrogen-bond donors (Lipinski definition) is 4. The third-order valence-electron chi connectivity index (χ3n) is 2.57. The minimum absolute atomic E-state index is 0.170. The lowest BCUT2D eigenvalue weighted by Gasteiger charge is -2.23. The van der Waals surface area contributed by atoms with Gasteiger partial charge in [-0.3, -0.25) is 9.89 Å². The molecule has 1 saturated heterocycles. The van der Waals surface area contributed by atoms with Crippen molar-refractivity contribution in [3.8, 4) is 0 Å². The van der Waals surface area contributed by atoms with Crippen LogP contribution < -0.4 is 16.4 Å². The number of aromatic nitrogens is 2. The number of nitrogens with one attached hydrogen (secondary N) is 3. The summed E-state index contributed by atoms with van der Waals surface area (Å²) in [4.78, 5) is 11.7. The Hall–Kier alpha value is -1.56. The number of piperidine rings is 1. The normalized spacial score (nSPS) is 17.6. The van der Waals surface area contributed by atoms with Crippen LogP contribution in [0.5, 0.6) is 0 Å². The molecule has 0 spiro atoms. The van der Waals surface area contributed by atoms with Crippen LogP contribution in [0.25, 0.3) is 0 Å². The monoisotopic (exact) mass is 209 g/mol. The number of hydrogen-bond acceptors (Lipinski definition) is 4. The van der Waals surface area contributed by atoms with E-state index in [2.05, 4.69) is 20.8 Å². The van der Waals surface area contributed by atoms with Crippen molar-refractivity contribution in [3.63, 3.8) is 0 Å². The number of rotatable bonds is 2. The zero-order chi connectivity index (χ0) is 10.7. The maximum Gasteiger partial charge on any atom is 0.271 e. The predicted octanol–water partition coefficient (Wildman–Crippen LogP) is -0.526. The second-order valence-electron chi connectivity index (χ2n) is 3.70. The Morgan fingerprint density at radius 3 is 2.87 bits per heavy atom. The van der Waals surface area contributed by atoms with E-state index in [-0.39, 0.29) is 11.9 Å². The van der Waals surface area contributed by atoms with Gasteiger partial charge in [-0.05, 0) is 25.9 Å². The van der Waals surface area contributed by atoms with Gasteiger partial charge in [0.25, 0.3) is 5.91 Å². The number of nitrogens with zero attached hydrogens (tertiary/aromatic N) is 1. The van der Waals surface area contributed by atoms with Crippen LogP contribution in [0.2, 0.25) is 0 Å². The number of amides is 1. The van der Waals surface area contributed by atoms with Gasteiger partial charge in [0.1, 0.15) is 5.69 Å². The summed E-state index contributed by atoms with van der Waals surface area (Å²) < 4.78 is 0. The second-order valence-corrected chi connectivity index (χ2v) is 3.70. The van der Waals surface area contributed by atoms with E-state index in [0.717, 1.165) is 25.9 Å². The summed E-state index contributed by atoms with van der Waals surface area (Å²) in [6, 6.07) is 0.237. The fraction of sp³-hybridized carbons (Fsp3) is 0.556. The van der Waals surface area contributed by atoms with E-state index in [1.54, 1.807) is 0 Å². The Morgan fingerprint density at radius 1 is 1.53 bits per heavy atom. The highest BCUT2D eigenvalue weighted by atomic mass is 16.2. The number of H-pyrrole nitrogens is 1. The molecule has 82 valence electrons. The highest BCUT2D eigenvalue weighted by Crippen LogP contribution is 2.08. The summed E-state index contributed by atoms with van der Waals surface area (Å²) in [5, 5.41) is 12.5. The van der Waals surface area contributed by atoms with E-state index >= 15 is 0 Å². The molecule has 6 nitrogen and oxygen atoms in total. The Labute approximate surface area is 87.6 Å². The maximum atomic E-state index is 11.7. The Morgan fingerprint density at radius 2 is 2.27 bits per heavy atom. The molecule has 2 rings (SSSR count). The summed E-state index contributed by atoms with van der Waals surface area (Å²) in [6.45, 7) is 1.90. The van der Waals surface area contributed by atoms with Crippen molar-refractivity contribution in [1.29, 1.82) is 0 Å². The molecule has 0 aliphatic carbocycles. The van der Waals surface area contributed by atoms with Crippen LogP contribution in [-0.2, 0) is 0 Å². The van der Waals surface area contributed by atoms with Crippen molar-refractivity contribution in [2.45, 2.75) is 18.9 Å². The van der Waals surface area contributed by atoms with Gasteiger partial charge in [0.15, 0.2) is 0 Å². The largest absolute Gasteiger partial charge is 0.396 e. The van der Waals surface area contributed by atoms with Gasteiger partial charge < -0.3 is 16.4 Å². The number of anilines is 1. The fourth-order valence-corrected chi connectivity index (χ4v) is 1.70. The molecule has 2 heterocycles. The molecule has 0 atom stereocenters. The molecule has 1 aromatic heterocycles. The van der Waals surface area contributed by atoms with Crippen molar-refractivity contribution in [3.05, 3.63) is 11.9 Å². The molecule has 1 aliphatic rings. The SMILES string of the molecule is Nc1cn[nH]c1C(=O)NC1CCNCC1. The maximum absolute atomic E-state index is 11.7. The van der Waals surface area contributed by atoms with Crippen molar-refractivity contribution in [2.75, 3.05) is 18.8 Å². The van der Waals surface area contributed by atoms with Crippen LogP contribution in [0.4, 0.5) is 5.69 Å². The van der Waals surface area contributed by atoms with Crippen LogP contribution in [0.1, 0.15) is 23.3 Å². The third-order valence-corrected chi connectivity index (χ3v) is 2.57. The first-order valence-electron chi connectivity index (χ1n) is 5.08. The van der Waals surface area contributed by atoms with Crippen LogP contribution in [-0.4, -0.2) is 35.2 Å². The molecule has 1 fully saturated rings. The zero-order valence-electron chi connectivity index (χ0n) is 8.42. The molecular formula is C9H15N5O. The first-order chi connectivity index (χ1) is 7.27. The van der Waals surface area contributed by atoms with Gasteiger partial charge in [-0.1, -0.05) is 0 Å². The van der Waals surface area contributed by atoms with Gasteiger partial charge in [0, 0.05) is 6.04 Å². The quantitative estimate of drug-likeness (QED) is 0.526. The van der Waals surface area contributed by atoms with E-state index in [1.807, 2.05) is 0 Å². The average Bonchev–Trinajstić information content (AvgIpc) is 2.66. The fourth-order valence-electron chi connectivity index (χ4n) is 1.70. The third kappa shape index (κ3) is 2.27. The number of nitrogen functional groups attached to an aromatic ring is 1. The Bertz CT molecular complexity index is 342. The average molecular weight is 209 g/mol. The second kappa shape index (κ2) is 4.31. The Balaban J connectivity index is 1.94. The van der Waals surface area contributed by atoms with E-state index < -0.39 is 0 Å². The summed E-state index contributed by atoms with van der Waals surface area (Å²) in [5.41, 5.74) is 6.32. The molecular weight excluding hydrogens is 194 g/mol. The molecule has 1 aromatic rings. The van der Waals surface area contributed by atoms with Gasteiger partial charge in [-0.2, -0.15) is 5.10 Å². The molecule has 15 heavy (non-hydrogen) atoms. The van der Waals surface area contributed by atoms with E-state index in [4.69, 9.17) is 5.73 Å². The van der Waals surface area contributed by atoms with Crippen molar-refractivity contribution < 1.29 is 4.79 Å². The van der Waals surface area contributed by atoms with E-state index in [0.29, 0.717) is 11.4 Å². The summed E-state index contributed by atoms with van der Waals surface area (Å²) in [7, 11) is 0. The first-order valence-corrected chi connectivity index (χ1v) is 5.08. The first kappa shape index (κ1) is 9.97. The Kier molecular flexibility index (Phi) is 2.86. The highest BCUT2D eigenvalue weighted by Gasteiger charge is 2.18. The van der Waals surface area contributed by atoms with Gasteiger partial charge in [0.05, 0.1) is 11.9 Å². The summed E-state index contributed by atoms with van der Waals surface area (Å²) >= 11 is 0. The molecule has 0 unspecified atom stereocenters. The molecule has 0 radical (unpaired) electrons. The van der Waals surface area contributed by atoms with Crippen molar-refractivity contribution in [2.24, 2.45) is 0 Å². The lowest BCUT2D eigenvalue weighted by molar-refractivity contribution is 0.0925. The lowest BCUT2D eigenvalue weighted by atomic mass is 10.1. The lowest BCUT2D eigenvalue weighted by Crippen LogP contribution is -2.42. The van der Waals surface area contributed by atoms with Crippen LogP contribution in [0.15, 0.2) is 6.20 Å². The number of carbonyl (C=O) groups excluding carboxylic acids is 1. The molecule has 0 bridgehead atoms. The van der Waals surface area contributed by atoms with Crippen molar-refractivity contribution >= 4 is 11.6 Å². The molecule has 0 saturated carbocycles. The molecule has 6 heteroatoms. The van der Waals surface area contributed by atoms with Gasteiger partial charge in [0.2, 0.25) is 0 Å². The van der Waals surface area contributed by atoms with E-state index in [1.165, 1.54) is 6.20 Å².